The van der Waals surface area contributed by atoms with Gasteiger partial charge in [0.1, 0.15) is 11.5 Å². The molecule has 9 heteroatoms. The molecule has 0 spiro atoms. The van der Waals surface area contributed by atoms with Crippen molar-refractivity contribution in [2.24, 2.45) is 18.4 Å². The molecule has 2 N–H and O–H groups in total. The maximum absolute atomic E-state index is 13.1. The van der Waals surface area contributed by atoms with Gasteiger partial charge in [-0.05, 0) is 61.1 Å². The van der Waals surface area contributed by atoms with E-state index in [9.17, 15) is 18.3 Å². The lowest BCUT2D eigenvalue weighted by atomic mass is 9.71. The zero-order valence-electron chi connectivity index (χ0n) is 21.6. The Morgan fingerprint density at radius 3 is 2.71 bits per heavy atom. The van der Waals surface area contributed by atoms with E-state index in [4.69, 9.17) is 4.42 Å². The third-order valence-electron chi connectivity index (χ3n) is 7.67. The molecule has 0 aliphatic heterocycles. The number of nitrogens with zero attached hydrogens (tertiary/aromatic N) is 2. The number of nitrogens with one attached hydrogen (secondary N) is 1. The molecule has 200 valence electrons. The standard InChI is InChI=1S/C29H33N3O5S/c1-3-29(12-5-4-6-13-29)17-24(21-10-11-21)26-16-25(33)23(28(34)37-26)15-20-8-7-9-22(14-20)31-38(35,36)27-18-32(2)19-30-27/h4-9,12,14,16,18-19,21,24,31,33H,3,10-11,13,15,17H2,1-2H3. The van der Waals surface area contributed by atoms with E-state index in [0.29, 0.717) is 22.9 Å². The number of hydrogen-bond acceptors (Lipinski definition) is 6. The van der Waals surface area contributed by atoms with Crippen LogP contribution in [0.5, 0.6) is 5.75 Å². The fourth-order valence-corrected chi connectivity index (χ4v) is 6.29. The summed E-state index contributed by atoms with van der Waals surface area (Å²) < 4.78 is 35.2. The third kappa shape index (κ3) is 5.62. The highest BCUT2D eigenvalue weighted by atomic mass is 32.2. The van der Waals surface area contributed by atoms with Gasteiger partial charge in [0.05, 0.1) is 11.9 Å². The molecule has 2 aromatic heterocycles. The summed E-state index contributed by atoms with van der Waals surface area (Å²) in [7, 11) is -2.17. The number of aryl methyl sites for hydroxylation is 1. The summed E-state index contributed by atoms with van der Waals surface area (Å²) in [4.78, 5) is 17.0. The number of aromatic hydroxyl groups is 1. The van der Waals surface area contributed by atoms with Crippen molar-refractivity contribution in [3.63, 3.8) is 0 Å². The summed E-state index contributed by atoms with van der Waals surface area (Å²) in [5.41, 5.74) is 0.609. The van der Waals surface area contributed by atoms with Crippen LogP contribution in [0.1, 0.15) is 61.8 Å². The Balaban J connectivity index is 1.36. The third-order valence-corrected chi connectivity index (χ3v) is 8.94. The van der Waals surface area contributed by atoms with Crippen molar-refractivity contribution in [1.29, 1.82) is 0 Å². The van der Waals surface area contributed by atoms with Gasteiger partial charge in [-0.3, -0.25) is 4.72 Å². The maximum atomic E-state index is 13.1. The minimum absolute atomic E-state index is 0.0257. The summed E-state index contributed by atoms with van der Waals surface area (Å²) in [6, 6.07) is 8.33. The van der Waals surface area contributed by atoms with Gasteiger partial charge in [-0.2, -0.15) is 8.42 Å². The van der Waals surface area contributed by atoms with Gasteiger partial charge in [0, 0.05) is 37.3 Å². The zero-order valence-corrected chi connectivity index (χ0v) is 22.4. The number of rotatable bonds is 10. The molecule has 2 aliphatic carbocycles. The smallest absolute Gasteiger partial charge is 0.343 e. The molecular formula is C29H33N3O5S. The number of benzene rings is 1. The van der Waals surface area contributed by atoms with Crippen LogP contribution >= 0.6 is 0 Å². The Kier molecular flexibility index (Phi) is 7.05. The fraction of sp³-hybridized carbons (Fsp3) is 0.379. The highest BCUT2D eigenvalue weighted by Gasteiger charge is 2.40. The summed E-state index contributed by atoms with van der Waals surface area (Å²) in [5.74, 6) is 0.982. The van der Waals surface area contributed by atoms with E-state index in [1.54, 1.807) is 41.9 Å². The molecule has 8 nitrogen and oxygen atoms in total. The van der Waals surface area contributed by atoms with Crippen LogP contribution in [-0.2, 0) is 23.5 Å². The Morgan fingerprint density at radius 2 is 2.08 bits per heavy atom. The van der Waals surface area contributed by atoms with Gasteiger partial charge in [0.2, 0.25) is 0 Å². The summed E-state index contributed by atoms with van der Waals surface area (Å²) in [5, 5.41) is 10.8. The molecule has 1 aromatic carbocycles. The molecular weight excluding hydrogens is 502 g/mol. The number of allylic oxidation sites excluding steroid dienone is 4. The first kappa shape index (κ1) is 26.0. The molecule has 5 rings (SSSR count). The lowest BCUT2D eigenvalue weighted by Crippen LogP contribution is -2.23. The largest absolute Gasteiger partial charge is 0.507 e. The average molecular weight is 536 g/mol. The second-order valence-electron chi connectivity index (χ2n) is 10.5. The summed E-state index contributed by atoms with van der Waals surface area (Å²) in [6.45, 7) is 2.19. The predicted molar refractivity (Wildman–Crippen MR) is 146 cm³/mol. The lowest BCUT2D eigenvalue weighted by molar-refractivity contribution is 0.266. The van der Waals surface area contributed by atoms with Gasteiger partial charge in [-0.25, -0.2) is 9.78 Å². The van der Waals surface area contributed by atoms with Crippen molar-refractivity contribution >= 4 is 15.7 Å². The highest BCUT2D eigenvalue weighted by molar-refractivity contribution is 7.92. The second-order valence-corrected chi connectivity index (χ2v) is 12.1. The molecule has 2 aliphatic rings. The molecule has 3 aromatic rings. The molecule has 2 atom stereocenters. The van der Waals surface area contributed by atoms with Gasteiger partial charge >= 0.3 is 5.63 Å². The molecule has 38 heavy (non-hydrogen) atoms. The van der Waals surface area contributed by atoms with E-state index >= 15 is 0 Å². The van der Waals surface area contributed by atoms with Crippen LogP contribution in [0.25, 0.3) is 0 Å². The Bertz CT molecular complexity index is 1550. The van der Waals surface area contributed by atoms with E-state index in [1.165, 1.54) is 12.5 Å². The Morgan fingerprint density at radius 1 is 1.26 bits per heavy atom. The Hall–Kier alpha value is -3.59. The number of aromatic nitrogens is 2. The summed E-state index contributed by atoms with van der Waals surface area (Å²) in [6.07, 6.45) is 16.6. The number of sulfonamides is 1. The molecule has 0 saturated heterocycles. The van der Waals surface area contributed by atoms with Crippen molar-refractivity contribution in [2.75, 3.05) is 4.72 Å². The van der Waals surface area contributed by atoms with Gasteiger partial charge in [0.15, 0.2) is 5.03 Å². The maximum Gasteiger partial charge on any atom is 0.343 e. The van der Waals surface area contributed by atoms with E-state index in [1.807, 2.05) is 0 Å². The first-order chi connectivity index (χ1) is 18.2. The van der Waals surface area contributed by atoms with Crippen LogP contribution in [-0.4, -0.2) is 23.1 Å². The minimum atomic E-state index is -3.86. The summed E-state index contributed by atoms with van der Waals surface area (Å²) >= 11 is 0. The molecule has 2 unspecified atom stereocenters. The minimum Gasteiger partial charge on any atom is -0.507 e. The van der Waals surface area contributed by atoms with Gasteiger partial charge in [0.25, 0.3) is 10.0 Å². The number of anilines is 1. The predicted octanol–water partition coefficient (Wildman–Crippen LogP) is 5.27. The van der Waals surface area contributed by atoms with Gasteiger partial charge in [-0.1, -0.05) is 43.4 Å². The molecule has 0 bridgehead atoms. The van der Waals surface area contributed by atoms with Crippen LogP contribution in [0, 0.1) is 11.3 Å². The topological polar surface area (TPSA) is 114 Å². The highest BCUT2D eigenvalue weighted by Crippen LogP contribution is 2.51. The lowest BCUT2D eigenvalue weighted by Gasteiger charge is -2.34. The fourth-order valence-electron chi connectivity index (χ4n) is 5.26. The first-order valence-electron chi connectivity index (χ1n) is 13.0. The number of hydrogen-bond donors (Lipinski definition) is 2. The van der Waals surface area contributed by atoms with Crippen molar-refractivity contribution in [2.45, 2.75) is 56.4 Å². The van der Waals surface area contributed by atoms with Crippen LogP contribution in [0.3, 0.4) is 0 Å². The Labute approximate surface area is 222 Å². The molecule has 0 amide bonds. The van der Waals surface area contributed by atoms with E-state index in [-0.39, 0.29) is 34.1 Å². The van der Waals surface area contributed by atoms with E-state index < -0.39 is 15.6 Å². The van der Waals surface area contributed by atoms with Crippen molar-refractivity contribution in [3.8, 4) is 5.75 Å². The molecule has 2 heterocycles. The van der Waals surface area contributed by atoms with Gasteiger partial charge < -0.3 is 14.1 Å². The van der Waals surface area contributed by atoms with Crippen molar-refractivity contribution in [3.05, 3.63) is 94.5 Å². The van der Waals surface area contributed by atoms with Crippen molar-refractivity contribution in [1.82, 2.24) is 9.55 Å². The SMILES string of the molecule is CCC1(CC(c2cc(O)c(Cc3cccc(NS(=O)(=O)c4cn(C)cn4)c3)c(=O)o2)C2CC2)C=CC=CC1. The van der Waals surface area contributed by atoms with Crippen LogP contribution in [0.4, 0.5) is 5.69 Å². The normalized spacial score (nSPS) is 19.9. The quantitative estimate of drug-likeness (QED) is 0.366. The second kappa shape index (κ2) is 10.3. The van der Waals surface area contributed by atoms with Crippen LogP contribution < -0.4 is 10.3 Å². The molecule has 0 radical (unpaired) electrons. The average Bonchev–Trinajstić information content (AvgIpc) is 3.64. The number of imidazole rings is 1. The van der Waals surface area contributed by atoms with E-state index in [0.717, 1.165) is 32.1 Å². The molecule has 1 saturated carbocycles. The molecule has 1 fully saturated rings. The van der Waals surface area contributed by atoms with Gasteiger partial charge in [-0.15, -0.1) is 0 Å². The zero-order chi connectivity index (χ0) is 26.9. The van der Waals surface area contributed by atoms with Crippen LogP contribution in [0.2, 0.25) is 0 Å². The van der Waals surface area contributed by atoms with Crippen LogP contribution in [0.15, 0.2) is 81.4 Å². The van der Waals surface area contributed by atoms with E-state index in [2.05, 4.69) is 40.9 Å². The van der Waals surface area contributed by atoms with Crippen molar-refractivity contribution < 1.29 is 17.9 Å². The first-order valence-corrected chi connectivity index (χ1v) is 14.5. The monoisotopic (exact) mass is 535 g/mol.